The Kier molecular flexibility index (Phi) is 4.73. The molecule has 0 aliphatic carbocycles. The van der Waals surface area contributed by atoms with Crippen LogP contribution >= 0.6 is 0 Å². The van der Waals surface area contributed by atoms with Crippen molar-refractivity contribution in [3.63, 3.8) is 0 Å². The summed E-state index contributed by atoms with van der Waals surface area (Å²) < 4.78 is 43.0. The van der Waals surface area contributed by atoms with Gasteiger partial charge in [0.1, 0.15) is 23.6 Å². The third-order valence-corrected chi connectivity index (χ3v) is 5.56. The van der Waals surface area contributed by atoms with Crippen LogP contribution in [-0.2, 0) is 14.8 Å². The van der Waals surface area contributed by atoms with E-state index in [1.54, 1.807) is 36.7 Å². The van der Waals surface area contributed by atoms with E-state index in [9.17, 15) is 17.6 Å². The predicted molar refractivity (Wildman–Crippen MR) is 105 cm³/mol. The van der Waals surface area contributed by atoms with Gasteiger partial charge in [0.05, 0.1) is 10.8 Å². The summed E-state index contributed by atoms with van der Waals surface area (Å²) >= 11 is 0. The van der Waals surface area contributed by atoms with Crippen molar-refractivity contribution >= 4 is 27.6 Å². The molecule has 0 spiro atoms. The number of benzene rings is 2. The smallest absolute Gasteiger partial charge is 0.238 e. The molecule has 2 N–H and O–H groups in total. The van der Waals surface area contributed by atoms with E-state index in [1.807, 2.05) is 0 Å². The minimum Gasteiger partial charge on any atom is -0.456 e. The summed E-state index contributed by atoms with van der Waals surface area (Å²) in [6.07, 6.45) is 3.90. The topological polar surface area (TPSA) is 99.4 Å². The maximum Gasteiger partial charge on any atom is 0.238 e. The Hall–Kier alpha value is -3.36. The number of rotatable bonds is 4. The van der Waals surface area contributed by atoms with Gasteiger partial charge in [-0.3, -0.25) is 4.98 Å². The monoisotopic (exact) mass is 410 g/mol. The van der Waals surface area contributed by atoms with E-state index in [2.05, 4.69) is 4.98 Å². The molecule has 0 amide bonds. The fourth-order valence-corrected chi connectivity index (χ4v) is 3.82. The van der Waals surface area contributed by atoms with E-state index in [4.69, 9.17) is 9.88 Å². The molecule has 6 nitrogen and oxygen atoms in total. The number of primary sulfonamides is 1. The van der Waals surface area contributed by atoms with Gasteiger partial charge in [-0.2, -0.15) is 0 Å². The fourth-order valence-electron chi connectivity index (χ4n) is 3.30. The highest BCUT2D eigenvalue weighted by Gasteiger charge is 2.32. The van der Waals surface area contributed by atoms with Gasteiger partial charge in [0.2, 0.25) is 10.0 Å². The highest BCUT2D eigenvalue weighted by Crippen LogP contribution is 2.46. The first-order valence-electron chi connectivity index (χ1n) is 8.59. The number of aldehydes is 1. The van der Waals surface area contributed by atoms with Crippen molar-refractivity contribution in [3.8, 4) is 5.75 Å². The number of ether oxygens (including phenoxy) is 1. The molecule has 1 atom stereocenters. The van der Waals surface area contributed by atoms with Crippen LogP contribution in [0.25, 0.3) is 11.3 Å². The molecule has 1 aliphatic rings. The lowest BCUT2D eigenvalue weighted by atomic mass is 9.84. The molecule has 3 aromatic rings. The molecule has 8 heteroatoms. The number of hydrogen-bond acceptors (Lipinski definition) is 5. The lowest BCUT2D eigenvalue weighted by molar-refractivity contribution is -0.108. The molecule has 0 saturated heterocycles. The second kappa shape index (κ2) is 7.23. The number of carbonyl (C=O) groups excluding carboxylic acids is 1. The SMILES string of the molecule is NS(=O)(=O)c1ccc(C2=C(c3cccnc3)C(C=O)c3cc(F)ccc3O2)cc1. The summed E-state index contributed by atoms with van der Waals surface area (Å²) in [5.74, 6) is -0.561. The average molecular weight is 410 g/mol. The van der Waals surface area contributed by atoms with Gasteiger partial charge >= 0.3 is 0 Å². The zero-order valence-corrected chi connectivity index (χ0v) is 15.8. The van der Waals surface area contributed by atoms with E-state index < -0.39 is 21.8 Å². The average Bonchev–Trinajstić information content (AvgIpc) is 2.72. The summed E-state index contributed by atoms with van der Waals surface area (Å²) in [7, 11) is -3.85. The van der Waals surface area contributed by atoms with Crippen LogP contribution in [0, 0.1) is 5.82 Å². The number of sulfonamides is 1. The molecule has 0 saturated carbocycles. The Morgan fingerprint density at radius 2 is 1.83 bits per heavy atom. The summed E-state index contributed by atoms with van der Waals surface area (Å²) in [6, 6.07) is 13.3. The Morgan fingerprint density at radius 3 is 2.45 bits per heavy atom. The van der Waals surface area contributed by atoms with E-state index in [0.29, 0.717) is 33.8 Å². The molecule has 0 fully saturated rings. The van der Waals surface area contributed by atoms with E-state index in [-0.39, 0.29) is 4.90 Å². The van der Waals surface area contributed by atoms with Crippen LogP contribution in [0.5, 0.6) is 5.75 Å². The molecule has 2 heterocycles. The maximum absolute atomic E-state index is 13.8. The zero-order valence-electron chi connectivity index (χ0n) is 14.9. The molecular weight excluding hydrogens is 395 g/mol. The Balaban J connectivity index is 1.95. The molecule has 0 radical (unpaired) electrons. The van der Waals surface area contributed by atoms with Crippen molar-refractivity contribution in [2.75, 3.05) is 0 Å². The highest BCUT2D eigenvalue weighted by molar-refractivity contribution is 7.89. The standard InChI is InChI=1S/C21H15FN2O4S/c22-15-5-8-19-17(10-15)18(12-25)20(14-2-1-9-24-11-14)21(28-19)13-3-6-16(7-4-13)29(23,26)27/h1-12,18H,(H2,23,26,27). The lowest BCUT2D eigenvalue weighted by Gasteiger charge is -2.28. The number of allylic oxidation sites excluding steroid dienone is 1. The molecule has 1 unspecified atom stereocenters. The van der Waals surface area contributed by atoms with Crippen molar-refractivity contribution in [1.82, 2.24) is 4.98 Å². The van der Waals surface area contributed by atoms with Gasteiger partial charge in [0, 0.05) is 34.7 Å². The van der Waals surface area contributed by atoms with Crippen LogP contribution in [0.3, 0.4) is 0 Å². The van der Waals surface area contributed by atoms with Crippen molar-refractivity contribution in [2.45, 2.75) is 10.8 Å². The predicted octanol–water partition coefficient (Wildman–Crippen LogP) is 3.11. The number of aromatic nitrogens is 1. The van der Waals surface area contributed by atoms with Crippen molar-refractivity contribution < 1.29 is 22.3 Å². The summed E-state index contributed by atoms with van der Waals surface area (Å²) in [4.78, 5) is 16.1. The summed E-state index contributed by atoms with van der Waals surface area (Å²) in [5, 5.41) is 5.16. The largest absolute Gasteiger partial charge is 0.456 e. The van der Waals surface area contributed by atoms with Gasteiger partial charge in [-0.15, -0.1) is 0 Å². The van der Waals surface area contributed by atoms with E-state index in [1.165, 1.54) is 30.3 Å². The second-order valence-corrected chi connectivity index (χ2v) is 8.01. The van der Waals surface area contributed by atoms with Crippen LogP contribution in [0.4, 0.5) is 4.39 Å². The molecule has 4 rings (SSSR count). The highest BCUT2D eigenvalue weighted by atomic mass is 32.2. The van der Waals surface area contributed by atoms with Crippen molar-refractivity contribution in [2.24, 2.45) is 5.14 Å². The van der Waals surface area contributed by atoms with E-state index >= 15 is 0 Å². The molecule has 1 aromatic heterocycles. The third-order valence-electron chi connectivity index (χ3n) is 4.63. The first-order chi connectivity index (χ1) is 13.9. The van der Waals surface area contributed by atoms with Crippen LogP contribution in [-0.4, -0.2) is 19.7 Å². The van der Waals surface area contributed by atoms with Crippen LogP contribution in [0.15, 0.2) is 71.9 Å². The lowest BCUT2D eigenvalue weighted by Crippen LogP contribution is -2.16. The summed E-state index contributed by atoms with van der Waals surface area (Å²) in [5.41, 5.74) is 2.08. The van der Waals surface area contributed by atoms with Crippen LogP contribution in [0.1, 0.15) is 22.6 Å². The number of hydrogen-bond donors (Lipinski definition) is 1. The minimum atomic E-state index is -3.85. The van der Waals surface area contributed by atoms with Crippen LogP contribution < -0.4 is 9.88 Å². The number of halogens is 1. The quantitative estimate of drug-likeness (QED) is 0.667. The third kappa shape index (κ3) is 3.55. The second-order valence-electron chi connectivity index (χ2n) is 6.45. The number of fused-ring (bicyclic) bond motifs is 1. The van der Waals surface area contributed by atoms with Gasteiger partial charge < -0.3 is 9.53 Å². The molecule has 1 aliphatic heterocycles. The molecule has 29 heavy (non-hydrogen) atoms. The van der Waals surface area contributed by atoms with Crippen molar-refractivity contribution in [1.29, 1.82) is 0 Å². The number of nitrogens with zero attached hydrogens (tertiary/aromatic N) is 1. The number of carbonyl (C=O) groups is 1. The van der Waals surface area contributed by atoms with E-state index in [0.717, 1.165) is 6.29 Å². The zero-order chi connectivity index (χ0) is 20.6. The van der Waals surface area contributed by atoms with Crippen molar-refractivity contribution in [3.05, 3.63) is 89.5 Å². The number of pyridine rings is 1. The molecule has 2 aromatic carbocycles. The fraction of sp³-hybridized carbons (Fsp3) is 0.0476. The van der Waals surface area contributed by atoms with Gasteiger partial charge in [-0.05, 0) is 48.5 Å². The Bertz CT molecular complexity index is 1220. The summed E-state index contributed by atoms with van der Waals surface area (Å²) in [6.45, 7) is 0. The van der Waals surface area contributed by atoms with Gasteiger partial charge in [-0.1, -0.05) is 6.07 Å². The Morgan fingerprint density at radius 1 is 1.07 bits per heavy atom. The Labute approximate surface area is 166 Å². The first-order valence-corrected chi connectivity index (χ1v) is 10.1. The molecule has 146 valence electrons. The van der Waals surface area contributed by atoms with Crippen LogP contribution in [0.2, 0.25) is 0 Å². The number of nitrogens with two attached hydrogens (primary N) is 1. The molecular formula is C21H15FN2O4S. The van der Waals surface area contributed by atoms with Gasteiger partial charge in [0.25, 0.3) is 0 Å². The first kappa shape index (κ1) is 19.0. The minimum absolute atomic E-state index is 0.0463. The normalized spacial score (nSPS) is 16.1. The van der Waals surface area contributed by atoms with Gasteiger partial charge in [-0.25, -0.2) is 17.9 Å². The maximum atomic E-state index is 13.8. The molecule has 0 bridgehead atoms. The van der Waals surface area contributed by atoms with Gasteiger partial charge in [0.15, 0.2) is 0 Å².